The Kier molecular flexibility index (Phi) is 6.54. The minimum atomic E-state index is 0. The molecule has 0 radical (unpaired) electrons. The molecule has 6 aromatic rings. The van der Waals surface area contributed by atoms with Gasteiger partial charge in [0.25, 0.3) is 0 Å². The number of hydrogen-bond donors (Lipinski definition) is 1. The first-order chi connectivity index (χ1) is 17.3. The second-order valence-electron chi connectivity index (χ2n) is 8.34. The van der Waals surface area contributed by atoms with Crippen LogP contribution in [0.15, 0.2) is 120 Å². The van der Waals surface area contributed by atoms with E-state index in [2.05, 4.69) is 112 Å². The first kappa shape index (κ1) is 23.0. The van der Waals surface area contributed by atoms with Gasteiger partial charge in [0.05, 0.1) is 0 Å². The highest BCUT2D eigenvalue weighted by Crippen LogP contribution is 2.41. The fourth-order valence-electron chi connectivity index (χ4n) is 4.40. The zero-order valence-corrected chi connectivity index (χ0v) is 18.9. The molecule has 2 heterocycles. The third-order valence-electron chi connectivity index (χ3n) is 6.03. The molecule has 5 heteroatoms. The van der Waals surface area contributed by atoms with Crippen LogP contribution in [-0.4, -0.2) is 20.6 Å². The Hall–Kier alpha value is -4.77. The lowest BCUT2D eigenvalue weighted by Crippen LogP contribution is -1.92. The summed E-state index contributed by atoms with van der Waals surface area (Å²) in [5, 5.41) is 14.4. The van der Waals surface area contributed by atoms with Gasteiger partial charge in [-0.1, -0.05) is 122 Å². The van der Waals surface area contributed by atoms with Crippen LogP contribution in [0.1, 0.15) is 18.8 Å². The Balaban J connectivity index is 0.00000267. The highest BCUT2D eigenvalue weighted by molar-refractivity contribution is 5.88. The Bertz CT molecular complexity index is 1500. The smallest absolute Gasteiger partial charge is 0.178 e. The minimum Gasteiger partial charge on any atom is -0.455 e. The van der Waals surface area contributed by atoms with Crippen LogP contribution in [0.3, 0.4) is 0 Å². The number of rotatable bonds is 6. The fourth-order valence-corrected chi connectivity index (χ4v) is 4.40. The monoisotopic (exact) mass is 470 g/mol. The summed E-state index contributed by atoms with van der Waals surface area (Å²) in [6, 6.07) is 39.6. The van der Waals surface area contributed by atoms with Crippen LogP contribution in [0.25, 0.3) is 44.9 Å². The number of benzene rings is 4. The van der Waals surface area contributed by atoms with Crippen LogP contribution < -0.4 is 0 Å². The van der Waals surface area contributed by atoms with Crippen molar-refractivity contribution in [3.05, 3.63) is 127 Å². The Morgan fingerprint density at radius 3 is 2.00 bits per heavy atom. The number of nitrogens with zero attached hydrogens (tertiary/aromatic N) is 3. The molecule has 0 unspecified atom stereocenters. The molecule has 36 heavy (non-hydrogen) atoms. The average molecular weight is 471 g/mol. The summed E-state index contributed by atoms with van der Waals surface area (Å²) in [5.41, 5.74) is 7.64. The van der Waals surface area contributed by atoms with Gasteiger partial charge < -0.3 is 4.42 Å². The van der Waals surface area contributed by atoms with E-state index < -0.39 is 0 Å². The Morgan fingerprint density at radius 2 is 1.28 bits per heavy atom. The van der Waals surface area contributed by atoms with Crippen LogP contribution in [0.4, 0.5) is 0 Å². The SMILES string of the molecule is C.c1ccc(-c2cc(-c3ccccc3-c3cccc(Cc4nn[nH]n4)c3)oc2-c2ccccc2)cc1. The molecule has 2 aromatic heterocycles. The largest absolute Gasteiger partial charge is 0.455 e. The summed E-state index contributed by atoms with van der Waals surface area (Å²) in [6.07, 6.45) is 0.615. The molecule has 0 aliphatic rings. The van der Waals surface area contributed by atoms with Gasteiger partial charge in [-0.2, -0.15) is 5.21 Å². The van der Waals surface area contributed by atoms with Gasteiger partial charge in [-0.05, 0) is 28.3 Å². The van der Waals surface area contributed by atoms with E-state index in [0.717, 1.165) is 50.5 Å². The van der Waals surface area contributed by atoms with Crippen molar-refractivity contribution >= 4 is 0 Å². The van der Waals surface area contributed by atoms with Gasteiger partial charge in [-0.3, -0.25) is 0 Å². The van der Waals surface area contributed by atoms with Crippen molar-refractivity contribution in [3.63, 3.8) is 0 Å². The van der Waals surface area contributed by atoms with Crippen LogP contribution in [0, 0.1) is 0 Å². The quantitative estimate of drug-likeness (QED) is 0.271. The molecule has 0 amide bonds. The average Bonchev–Trinajstić information content (AvgIpc) is 3.60. The molecule has 0 saturated carbocycles. The van der Waals surface area contributed by atoms with Crippen molar-refractivity contribution in [1.29, 1.82) is 0 Å². The predicted molar refractivity (Wildman–Crippen MR) is 144 cm³/mol. The maximum absolute atomic E-state index is 6.59. The Morgan fingerprint density at radius 1 is 0.611 bits per heavy atom. The molecular formula is C31H26N4O. The fraction of sp³-hybridized carbons (Fsp3) is 0.0645. The van der Waals surface area contributed by atoms with E-state index >= 15 is 0 Å². The lowest BCUT2D eigenvalue weighted by atomic mass is 9.95. The van der Waals surface area contributed by atoms with Crippen LogP contribution in [0.5, 0.6) is 0 Å². The van der Waals surface area contributed by atoms with Crippen molar-refractivity contribution in [1.82, 2.24) is 20.6 Å². The predicted octanol–water partition coefficient (Wildman–Crippen LogP) is 7.69. The van der Waals surface area contributed by atoms with E-state index in [9.17, 15) is 0 Å². The first-order valence-electron chi connectivity index (χ1n) is 11.5. The third kappa shape index (κ3) is 4.59. The van der Waals surface area contributed by atoms with Crippen LogP contribution in [0.2, 0.25) is 0 Å². The number of furan rings is 1. The van der Waals surface area contributed by atoms with Crippen molar-refractivity contribution in [2.24, 2.45) is 0 Å². The molecule has 5 nitrogen and oxygen atoms in total. The van der Waals surface area contributed by atoms with Crippen molar-refractivity contribution in [2.75, 3.05) is 0 Å². The highest BCUT2D eigenvalue weighted by atomic mass is 16.3. The second-order valence-corrected chi connectivity index (χ2v) is 8.34. The number of tetrazole rings is 1. The van der Waals surface area contributed by atoms with E-state index in [1.807, 2.05) is 24.3 Å². The number of aromatic nitrogens is 4. The lowest BCUT2D eigenvalue weighted by molar-refractivity contribution is 0.598. The minimum absolute atomic E-state index is 0. The standard InChI is InChI=1S/C30H22N4O.CH4/c1-3-11-22(12-4-1)27-20-28(35-30(27)23-13-5-2-6-14-23)26-17-8-7-16-25(26)24-15-9-10-21(18-24)19-29-31-33-34-32-29;/h1-18,20H,19H2,(H,31,32,33,34);1H4. The maximum Gasteiger partial charge on any atom is 0.178 e. The molecular weight excluding hydrogens is 444 g/mol. The van der Waals surface area contributed by atoms with Gasteiger partial charge in [-0.25, -0.2) is 0 Å². The molecule has 0 aliphatic carbocycles. The van der Waals surface area contributed by atoms with Gasteiger partial charge in [0.15, 0.2) is 5.82 Å². The first-order valence-corrected chi connectivity index (χ1v) is 11.5. The van der Waals surface area contributed by atoms with Gasteiger partial charge in [0.1, 0.15) is 11.5 Å². The van der Waals surface area contributed by atoms with Crippen molar-refractivity contribution < 1.29 is 4.42 Å². The summed E-state index contributed by atoms with van der Waals surface area (Å²) >= 11 is 0. The highest BCUT2D eigenvalue weighted by Gasteiger charge is 2.18. The summed E-state index contributed by atoms with van der Waals surface area (Å²) in [7, 11) is 0. The van der Waals surface area contributed by atoms with Gasteiger partial charge >= 0.3 is 0 Å². The number of hydrogen-bond acceptors (Lipinski definition) is 4. The molecule has 176 valence electrons. The molecule has 4 aromatic carbocycles. The number of aromatic amines is 1. The van der Waals surface area contributed by atoms with Gasteiger partial charge in [0, 0.05) is 23.1 Å². The lowest BCUT2D eigenvalue weighted by Gasteiger charge is -2.09. The number of H-pyrrole nitrogens is 1. The molecule has 0 atom stereocenters. The zero-order chi connectivity index (χ0) is 23.5. The maximum atomic E-state index is 6.59. The zero-order valence-electron chi connectivity index (χ0n) is 18.9. The number of nitrogens with one attached hydrogen (secondary N) is 1. The van der Waals surface area contributed by atoms with Crippen LogP contribution >= 0.6 is 0 Å². The van der Waals surface area contributed by atoms with Crippen molar-refractivity contribution in [2.45, 2.75) is 13.8 Å². The van der Waals surface area contributed by atoms with E-state index in [1.165, 1.54) is 0 Å². The summed E-state index contributed by atoms with van der Waals surface area (Å²) in [6.45, 7) is 0. The molecule has 0 saturated heterocycles. The summed E-state index contributed by atoms with van der Waals surface area (Å²) < 4.78 is 6.59. The normalized spacial score (nSPS) is 10.7. The summed E-state index contributed by atoms with van der Waals surface area (Å²) in [4.78, 5) is 0. The summed E-state index contributed by atoms with van der Waals surface area (Å²) in [5.74, 6) is 2.37. The van der Waals surface area contributed by atoms with E-state index in [0.29, 0.717) is 12.2 Å². The Labute approximate surface area is 210 Å². The van der Waals surface area contributed by atoms with Gasteiger partial charge in [-0.15, -0.1) is 10.2 Å². The molecule has 0 aliphatic heterocycles. The van der Waals surface area contributed by atoms with E-state index in [1.54, 1.807) is 0 Å². The van der Waals surface area contributed by atoms with Crippen LogP contribution in [-0.2, 0) is 6.42 Å². The second kappa shape index (κ2) is 10.2. The molecule has 1 N–H and O–H groups in total. The third-order valence-corrected chi connectivity index (χ3v) is 6.03. The molecule has 0 bridgehead atoms. The van der Waals surface area contributed by atoms with Crippen molar-refractivity contribution in [3.8, 4) is 44.9 Å². The topological polar surface area (TPSA) is 67.6 Å². The van der Waals surface area contributed by atoms with E-state index in [-0.39, 0.29) is 7.43 Å². The molecule has 6 rings (SSSR count). The van der Waals surface area contributed by atoms with Gasteiger partial charge in [0.2, 0.25) is 0 Å². The van der Waals surface area contributed by atoms with E-state index in [4.69, 9.17) is 4.42 Å². The molecule has 0 fully saturated rings. The molecule has 0 spiro atoms.